The van der Waals surface area contributed by atoms with E-state index in [-0.39, 0.29) is 48.5 Å². The number of halogens is 1. The van der Waals surface area contributed by atoms with Crippen molar-refractivity contribution < 1.29 is 17.9 Å². The summed E-state index contributed by atoms with van der Waals surface area (Å²) in [7, 11) is -3.28. The Morgan fingerprint density at radius 1 is 1.23 bits per heavy atom. The molecule has 31 heavy (non-hydrogen) atoms. The number of nitrogens with one attached hydrogen (secondary N) is 1. The Morgan fingerprint density at radius 3 is 2.65 bits per heavy atom. The lowest BCUT2D eigenvalue weighted by Crippen LogP contribution is -2.54. The number of piperazine rings is 1. The molecule has 1 N–H and O–H groups in total. The third kappa shape index (κ3) is 7.95. The number of hydrogen-bond acceptors (Lipinski definition) is 6. The van der Waals surface area contributed by atoms with E-state index in [9.17, 15) is 8.42 Å². The van der Waals surface area contributed by atoms with Crippen molar-refractivity contribution in [2.45, 2.75) is 51.9 Å². The van der Waals surface area contributed by atoms with Gasteiger partial charge in [0.2, 0.25) is 10.0 Å². The molecule has 0 aromatic rings. The number of ether oxygens (including phenoxy) is 2. The molecule has 0 saturated carbocycles. The molecule has 3 saturated heterocycles. The molecule has 11 heteroatoms. The zero-order chi connectivity index (χ0) is 21.6. The first-order valence-electron chi connectivity index (χ1n) is 11.4. The van der Waals surface area contributed by atoms with Crippen molar-refractivity contribution in [3.05, 3.63) is 0 Å². The summed E-state index contributed by atoms with van der Waals surface area (Å²) in [4.78, 5) is 9.51. The summed E-state index contributed by atoms with van der Waals surface area (Å²) >= 11 is 0. The van der Waals surface area contributed by atoms with E-state index < -0.39 is 10.0 Å². The Labute approximate surface area is 205 Å². The molecule has 0 radical (unpaired) electrons. The Kier molecular flexibility index (Phi) is 11.2. The molecule has 0 aromatic heterocycles. The highest BCUT2D eigenvalue weighted by atomic mass is 127. The first kappa shape index (κ1) is 27.0. The van der Waals surface area contributed by atoms with E-state index in [1.54, 1.807) is 4.31 Å². The van der Waals surface area contributed by atoms with Gasteiger partial charge in [-0.2, -0.15) is 4.31 Å². The normalized spacial score (nSPS) is 26.1. The van der Waals surface area contributed by atoms with E-state index in [0.717, 1.165) is 25.7 Å². The summed E-state index contributed by atoms with van der Waals surface area (Å²) in [6, 6.07) is 0.597. The second kappa shape index (κ2) is 12.9. The minimum Gasteiger partial charge on any atom is -0.378 e. The van der Waals surface area contributed by atoms with Crippen molar-refractivity contribution >= 4 is 40.0 Å². The highest BCUT2D eigenvalue weighted by molar-refractivity contribution is 14.0. The first-order valence-corrected chi connectivity index (χ1v) is 13.0. The number of nitrogens with zero attached hydrogens (tertiary/aromatic N) is 4. The second-order valence-corrected chi connectivity index (χ2v) is 10.7. The third-order valence-electron chi connectivity index (χ3n) is 5.97. The lowest BCUT2D eigenvalue weighted by Gasteiger charge is -2.37. The second-order valence-electron chi connectivity index (χ2n) is 8.56. The van der Waals surface area contributed by atoms with Crippen LogP contribution in [0.15, 0.2) is 4.99 Å². The van der Waals surface area contributed by atoms with Crippen LogP contribution in [0.1, 0.15) is 33.6 Å². The Hall–Kier alpha value is -0.210. The minimum atomic E-state index is -3.28. The van der Waals surface area contributed by atoms with Gasteiger partial charge in [-0.25, -0.2) is 8.42 Å². The molecule has 0 bridgehead atoms. The van der Waals surface area contributed by atoms with Crippen molar-refractivity contribution in [2.75, 3.05) is 71.3 Å². The Bertz CT molecular complexity index is 670. The van der Waals surface area contributed by atoms with Gasteiger partial charge >= 0.3 is 0 Å². The van der Waals surface area contributed by atoms with Gasteiger partial charge in [0.05, 0.1) is 37.7 Å². The van der Waals surface area contributed by atoms with Crippen LogP contribution in [-0.4, -0.2) is 118 Å². The number of fused-ring (bicyclic) bond motifs is 1. The SMILES string of the molecule is CCNC(=NCC1CN2CCCC2CO1)N1CCN(S(=O)(=O)CCOC(C)C)CC1.I. The van der Waals surface area contributed by atoms with Crippen LogP contribution in [0.4, 0.5) is 0 Å². The molecule has 3 heterocycles. The molecule has 3 fully saturated rings. The van der Waals surface area contributed by atoms with E-state index >= 15 is 0 Å². The van der Waals surface area contributed by atoms with E-state index in [1.165, 1.54) is 19.4 Å². The Morgan fingerprint density at radius 2 is 1.97 bits per heavy atom. The molecule has 3 aliphatic rings. The lowest BCUT2D eigenvalue weighted by atomic mass is 10.2. The first-order chi connectivity index (χ1) is 14.4. The fraction of sp³-hybridized carbons (Fsp3) is 0.950. The highest BCUT2D eigenvalue weighted by Gasteiger charge is 2.32. The van der Waals surface area contributed by atoms with E-state index in [1.807, 2.05) is 13.8 Å². The average molecular weight is 574 g/mol. The summed E-state index contributed by atoms with van der Waals surface area (Å²) in [5.74, 6) is 0.889. The van der Waals surface area contributed by atoms with Crippen LogP contribution in [0.25, 0.3) is 0 Å². The predicted molar refractivity (Wildman–Crippen MR) is 134 cm³/mol. The van der Waals surface area contributed by atoms with Gasteiger partial charge < -0.3 is 19.7 Å². The van der Waals surface area contributed by atoms with E-state index in [4.69, 9.17) is 14.5 Å². The van der Waals surface area contributed by atoms with Crippen LogP contribution >= 0.6 is 24.0 Å². The van der Waals surface area contributed by atoms with E-state index in [2.05, 4.69) is 22.0 Å². The van der Waals surface area contributed by atoms with Crippen LogP contribution < -0.4 is 5.32 Å². The molecule has 2 unspecified atom stereocenters. The molecule has 3 aliphatic heterocycles. The maximum Gasteiger partial charge on any atom is 0.216 e. The molecular formula is C20H40IN5O4S. The zero-order valence-electron chi connectivity index (χ0n) is 19.2. The van der Waals surface area contributed by atoms with Gasteiger partial charge in [-0.15, -0.1) is 24.0 Å². The lowest BCUT2D eigenvalue weighted by molar-refractivity contribution is -0.0433. The molecule has 182 valence electrons. The molecule has 0 amide bonds. The molecule has 0 aromatic carbocycles. The summed E-state index contributed by atoms with van der Waals surface area (Å²) in [6.45, 7) is 12.7. The molecule has 0 aliphatic carbocycles. The van der Waals surface area contributed by atoms with Crippen molar-refractivity contribution in [2.24, 2.45) is 4.99 Å². The van der Waals surface area contributed by atoms with Crippen molar-refractivity contribution in [3.8, 4) is 0 Å². The molecule has 0 spiro atoms. The zero-order valence-corrected chi connectivity index (χ0v) is 22.3. The number of sulfonamides is 1. The van der Waals surface area contributed by atoms with Gasteiger partial charge in [0.15, 0.2) is 5.96 Å². The van der Waals surface area contributed by atoms with Gasteiger partial charge in [-0.05, 0) is 40.2 Å². The maximum atomic E-state index is 12.6. The molecule has 9 nitrogen and oxygen atoms in total. The van der Waals surface area contributed by atoms with Gasteiger partial charge in [0.25, 0.3) is 0 Å². The van der Waals surface area contributed by atoms with Gasteiger partial charge in [-0.1, -0.05) is 0 Å². The summed E-state index contributed by atoms with van der Waals surface area (Å²) in [6.07, 6.45) is 2.69. The van der Waals surface area contributed by atoms with Crippen LogP contribution in [0.5, 0.6) is 0 Å². The maximum absolute atomic E-state index is 12.6. The summed E-state index contributed by atoms with van der Waals surface area (Å²) in [5.41, 5.74) is 0. The van der Waals surface area contributed by atoms with Crippen molar-refractivity contribution in [1.29, 1.82) is 0 Å². The highest BCUT2D eigenvalue weighted by Crippen LogP contribution is 2.22. The fourth-order valence-corrected chi connectivity index (χ4v) is 5.59. The van der Waals surface area contributed by atoms with Gasteiger partial charge in [0.1, 0.15) is 0 Å². The number of aliphatic imine (C=N–C) groups is 1. The smallest absolute Gasteiger partial charge is 0.216 e. The number of morpholine rings is 1. The summed E-state index contributed by atoms with van der Waals surface area (Å²) in [5, 5.41) is 3.36. The van der Waals surface area contributed by atoms with Gasteiger partial charge in [-0.3, -0.25) is 9.89 Å². The largest absolute Gasteiger partial charge is 0.378 e. The van der Waals surface area contributed by atoms with Crippen LogP contribution in [0, 0.1) is 0 Å². The van der Waals surface area contributed by atoms with E-state index in [0.29, 0.717) is 38.8 Å². The number of hydrogen-bond donors (Lipinski definition) is 1. The van der Waals surface area contributed by atoms with Crippen molar-refractivity contribution in [1.82, 2.24) is 19.4 Å². The van der Waals surface area contributed by atoms with Crippen molar-refractivity contribution in [3.63, 3.8) is 0 Å². The van der Waals surface area contributed by atoms with Crippen LogP contribution in [-0.2, 0) is 19.5 Å². The fourth-order valence-electron chi connectivity index (χ4n) is 4.31. The molecule has 3 rings (SSSR count). The standard InChI is InChI=1S/C20H39N5O4S.HI/c1-4-21-20(22-14-19-15-24-7-5-6-18(24)16-29-19)23-8-10-25(11-9-23)30(26,27)13-12-28-17(2)3;/h17-19H,4-16H2,1-3H3,(H,21,22);1H. The molecule has 2 atom stereocenters. The Balaban J connectivity index is 0.00000341. The summed E-state index contributed by atoms with van der Waals surface area (Å²) < 4.78 is 38.1. The average Bonchev–Trinajstić information content (AvgIpc) is 3.18. The monoisotopic (exact) mass is 573 g/mol. The molecular weight excluding hydrogens is 533 g/mol. The van der Waals surface area contributed by atoms with Crippen LogP contribution in [0.3, 0.4) is 0 Å². The third-order valence-corrected chi connectivity index (χ3v) is 7.80. The van der Waals surface area contributed by atoms with Crippen LogP contribution in [0.2, 0.25) is 0 Å². The quantitative estimate of drug-likeness (QED) is 0.261. The van der Waals surface area contributed by atoms with Gasteiger partial charge in [0, 0.05) is 45.3 Å². The number of guanidine groups is 1. The predicted octanol–water partition coefficient (Wildman–Crippen LogP) is 0.806. The topological polar surface area (TPSA) is 86.7 Å². The minimum absolute atomic E-state index is 0. The number of rotatable bonds is 8.